The van der Waals surface area contributed by atoms with Gasteiger partial charge in [-0.15, -0.1) is 0 Å². The van der Waals surface area contributed by atoms with Crippen molar-refractivity contribution < 1.29 is 4.79 Å². The maximum absolute atomic E-state index is 11.3. The van der Waals surface area contributed by atoms with Crippen molar-refractivity contribution in [3.05, 3.63) is 30.1 Å². The number of hydrogen-bond donors (Lipinski definition) is 1. The van der Waals surface area contributed by atoms with Gasteiger partial charge in [-0.2, -0.15) is 0 Å². The molecule has 68 valence electrons. The van der Waals surface area contributed by atoms with Gasteiger partial charge in [-0.25, -0.2) is 0 Å². The standard InChI is InChI=1S/C10H12N2O/c13-10(12-6-1-7-12)3-2-9-4-5-11-8-9/h2-5,8,11H,1,6-7H2/b3-2+. The van der Waals surface area contributed by atoms with E-state index in [4.69, 9.17) is 0 Å². The number of hydrogen-bond acceptors (Lipinski definition) is 1. The van der Waals surface area contributed by atoms with Crippen LogP contribution in [0.5, 0.6) is 0 Å². The minimum atomic E-state index is 0.118. The topological polar surface area (TPSA) is 36.1 Å². The Balaban J connectivity index is 1.93. The van der Waals surface area contributed by atoms with Crippen molar-refractivity contribution in [3.8, 4) is 0 Å². The first-order chi connectivity index (χ1) is 6.36. The van der Waals surface area contributed by atoms with Crippen molar-refractivity contribution in [3.63, 3.8) is 0 Å². The van der Waals surface area contributed by atoms with Crippen LogP contribution >= 0.6 is 0 Å². The fourth-order valence-corrected chi connectivity index (χ4v) is 1.25. The van der Waals surface area contributed by atoms with Crippen LogP contribution in [0.1, 0.15) is 12.0 Å². The van der Waals surface area contributed by atoms with Crippen molar-refractivity contribution in [2.24, 2.45) is 0 Å². The lowest BCUT2D eigenvalue weighted by Gasteiger charge is -2.29. The predicted octanol–water partition coefficient (Wildman–Crippen LogP) is 1.26. The highest BCUT2D eigenvalue weighted by Crippen LogP contribution is 2.07. The second-order valence-electron chi connectivity index (χ2n) is 3.16. The molecule has 0 aromatic carbocycles. The first kappa shape index (κ1) is 8.10. The molecule has 1 saturated heterocycles. The maximum Gasteiger partial charge on any atom is 0.246 e. The number of likely N-dealkylation sites (tertiary alicyclic amines) is 1. The van der Waals surface area contributed by atoms with Gasteiger partial charge in [0.2, 0.25) is 5.91 Å². The molecule has 3 heteroatoms. The first-order valence-electron chi connectivity index (χ1n) is 4.46. The van der Waals surface area contributed by atoms with Gasteiger partial charge >= 0.3 is 0 Å². The Morgan fingerprint density at radius 2 is 2.38 bits per heavy atom. The summed E-state index contributed by atoms with van der Waals surface area (Å²) in [7, 11) is 0. The third kappa shape index (κ3) is 1.80. The summed E-state index contributed by atoms with van der Waals surface area (Å²) in [5.41, 5.74) is 1.04. The fraction of sp³-hybridized carbons (Fsp3) is 0.300. The van der Waals surface area contributed by atoms with E-state index in [2.05, 4.69) is 4.98 Å². The number of rotatable bonds is 2. The molecule has 0 unspecified atom stereocenters. The zero-order chi connectivity index (χ0) is 9.10. The number of aromatic nitrogens is 1. The summed E-state index contributed by atoms with van der Waals surface area (Å²) in [5, 5.41) is 0. The molecule has 1 amide bonds. The van der Waals surface area contributed by atoms with Gasteiger partial charge in [-0.1, -0.05) is 0 Å². The van der Waals surface area contributed by atoms with E-state index in [0.29, 0.717) is 0 Å². The lowest BCUT2D eigenvalue weighted by Crippen LogP contribution is -2.40. The Hall–Kier alpha value is -1.51. The molecular weight excluding hydrogens is 164 g/mol. The summed E-state index contributed by atoms with van der Waals surface area (Å²) in [5.74, 6) is 0.118. The molecule has 0 spiro atoms. The number of amides is 1. The van der Waals surface area contributed by atoms with E-state index in [9.17, 15) is 4.79 Å². The number of carbonyl (C=O) groups is 1. The third-order valence-electron chi connectivity index (χ3n) is 2.21. The molecule has 0 atom stereocenters. The summed E-state index contributed by atoms with van der Waals surface area (Å²) >= 11 is 0. The van der Waals surface area contributed by atoms with Crippen LogP contribution in [0.25, 0.3) is 6.08 Å². The van der Waals surface area contributed by atoms with Crippen LogP contribution in [0, 0.1) is 0 Å². The zero-order valence-corrected chi connectivity index (χ0v) is 7.36. The predicted molar refractivity (Wildman–Crippen MR) is 51.0 cm³/mol. The Bertz CT molecular complexity index is 310. The molecule has 1 fully saturated rings. The summed E-state index contributed by atoms with van der Waals surface area (Å²) in [6, 6.07) is 1.93. The number of nitrogens with one attached hydrogen (secondary N) is 1. The second-order valence-corrected chi connectivity index (χ2v) is 3.16. The number of H-pyrrole nitrogens is 1. The number of carbonyl (C=O) groups excluding carboxylic acids is 1. The van der Waals surface area contributed by atoms with E-state index in [1.807, 2.05) is 29.4 Å². The van der Waals surface area contributed by atoms with Crippen molar-refractivity contribution in [1.29, 1.82) is 0 Å². The van der Waals surface area contributed by atoms with E-state index in [1.165, 1.54) is 0 Å². The Morgan fingerprint density at radius 1 is 1.54 bits per heavy atom. The van der Waals surface area contributed by atoms with Gasteiger partial charge in [-0.3, -0.25) is 4.79 Å². The number of nitrogens with zero attached hydrogens (tertiary/aromatic N) is 1. The molecule has 0 saturated carbocycles. The summed E-state index contributed by atoms with van der Waals surface area (Å²) in [6.07, 6.45) is 8.30. The van der Waals surface area contributed by atoms with Gasteiger partial charge in [0.05, 0.1) is 0 Å². The van der Waals surface area contributed by atoms with Gasteiger partial charge in [-0.05, 0) is 24.1 Å². The molecule has 13 heavy (non-hydrogen) atoms. The second kappa shape index (κ2) is 3.47. The molecule has 0 bridgehead atoms. The molecule has 0 radical (unpaired) electrons. The third-order valence-corrected chi connectivity index (χ3v) is 2.21. The molecule has 3 nitrogen and oxygen atoms in total. The number of aromatic amines is 1. The lowest BCUT2D eigenvalue weighted by atomic mass is 10.2. The van der Waals surface area contributed by atoms with Crippen LogP contribution < -0.4 is 0 Å². The van der Waals surface area contributed by atoms with Gasteiger partial charge in [0.1, 0.15) is 0 Å². The van der Waals surface area contributed by atoms with Crippen molar-refractivity contribution in [1.82, 2.24) is 9.88 Å². The van der Waals surface area contributed by atoms with Gasteiger partial charge in [0.15, 0.2) is 0 Å². The minimum Gasteiger partial charge on any atom is -0.367 e. The van der Waals surface area contributed by atoms with Crippen molar-refractivity contribution in [2.45, 2.75) is 6.42 Å². The van der Waals surface area contributed by atoms with Crippen molar-refractivity contribution in [2.75, 3.05) is 13.1 Å². The SMILES string of the molecule is O=C(/C=C/c1cc[nH]c1)N1CCC1. The molecule has 1 N–H and O–H groups in total. The Morgan fingerprint density at radius 3 is 2.92 bits per heavy atom. The molecule has 2 rings (SSSR count). The van der Waals surface area contributed by atoms with Gasteiger partial charge in [0, 0.05) is 31.6 Å². The van der Waals surface area contributed by atoms with E-state index < -0.39 is 0 Å². The van der Waals surface area contributed by atoms with Crippen LogP contribution in [0.4, 0.5) is 0 Å². The average molecular weight is 176 g/mol. The van der Waals surface area contributed by atoms with Crippen LogP contribution in [0.2, 0.25) is 0 Å². The van der Waals surface area contributed by atoms with E-state index in [-0.39, 0.29) is 5.91 Å². The normalized spacial score (nSPS) is 16.2. The summed E-state index contributed by atoms with van der Waals surface area (Å²) in [6.45, 7) is 1.83. The Labute approximate surface area is 77.1 Å². The van der Waals surface area contributed by atoms with Crippen LogP contribution in [0.3, 0.4) is 0 Å². The lowest BCUT2D eigenvalue weighted by molar-refractivity contribution is -0.129. The summed E-state index contributed by atoms with van der Waals surface area (Å²) < 4.78 is 0. The molecule has 1 aliphatic heterocycles. The van der Waals surface area contributed by atoms with E-state index in [0.717, 1.165) is 25.1 Å². The minimum absolute atomic E-state index is 0.118. The molecule has 1 aromatic rings. The summed E-state index contributed by atoms with van der Waals surface area (Å²) in [4.78, 5) is 16.1. The zero-order valence-electron chi connectivity index (χ0n) is 7.36. The van der Waals surface area contributed by atoms with Crippen LogP contribution in [-0.4, -0.2) is 28.9 Å². The average Bonchev–Trinajstić information content (AvgIpc) is 2.49. The molecule has 0 aliphatic carbocycles. The monoisotopic (exact) mass is 176 g/mol. The van der Waals surface area contributed by atoms with Gasteiger partial charge < -0.3 is 9.88 Å². The van der Waals surface area contributed by atoms with Crippen molar-refractivity contribution >= 4 is 12.0 Å². The highest BCUT2D eigenvalue weighted by atomic mass is 16.2. The highest BCUT2D eigenvalue weighted by Gasteiger charge is 2.17. The quantitative estimate of drug-likeness (QED) is 0.676. The molecular formula is C10H12N2O. The maximum atomic E-state index is 11.3. The molecule has 1 aliphatic rings. The van der Waals surface area contributed by atoms with Gasteiger partial charge in [0.25, 0.3) is 0 Å². The fourth-order valence-electron chi connectivity index (χ4n) is 1.25. The van der Waals surface area contributed by atoms with E-state index >= 15 is 0 Å². The molecule has 1 aromatic heterocycles. The van der Waals surface area contributed by atoms with E-state index in [1.54, 1.807) is 6.08 Å². The highest BCUT2D eigenvalue weighted by molar-refractivity contribution is 5.92. The largest absolute Gasteiger partial charge is 0.367 e. The van der Waals surface area contributed by atoms with Crippen LogP contribution in [-0.2, 0) is 4.79 Å². The molecule has 2 heterocycles. The smallest absolute Gasteiger partial charge is 0.246 e. The van der Waals surface area contributed by atoms with Crippen LogP contribution in [0.15, 0.2) is 24.5 Å². The first-order valence-corrected chi connectivity index (χ1v) is 4.46. The Kier molecular flexibility index (Phi) is 2.17.